The van der Waals surface area contributed by atoms with E-state index in [-0.39, 0.29) is 7.43 Å². The van der Waals surface area contributed by atoms with Crippen molar-refractivity contribution in [2.45, 2.75) is 46.0 Å². The van der Waals surface area contributed by atoms with Crippen molar-refractivity contribution < 1.29 is 0 Å². The highest BCUT2D eigenvalue weighted by atomic mass is 14.8. The fraction of sp³-hybridized carbons (Fsp3) is 0.625. The maximum absolute atomic E-state index is 5.44. The molecule has 2 nitrogen and oxygen atoms in total. The van der Waals surface area contributed by atoms with Gasteiger partial charge in [0.05, 0.1) is 0 Å². The molecular formula is C16H30N2. The zero-order chi connectivity index (χ0) is 12.2. The summed E-state index contributed by atoms with van der Waals surface area (Å²) in [6.45, 7) is 3.12. The van der Waals surface area contributed by atoms with E-state index in [1.165, 1.54) is 37.7 Å². The molecule has 0 aromatic heterocycles. The molecular weight excluding hydrogens is 220 g/mol. The Bertz CT molecular complexity index is 259. The quantitative estimate of drug-likeness (QED) is 0.625. The molecule has 3 N–H and O–H groups in total. The molecule has 0 aliphatic carbocycles. The second-order valence-electron chi connectivity index (χ2n) is 4.54. The van der Waals surface area contributed by atoms with Crippen molar-refractivity contribution in [3.63, 3.8) is 0 Å². The van der Waals surface area contributed by atoms with Crippen LogP contribution in [0.1, 0.15) is 45.1 Å². The van der Waals surface area contributed by atoms with Crippen LogP contribution in [0.4, 0.5) is 0 Å². The summed E-state index contributed by atoms with van der Waals surface area (Å²) in [7, 11) is 0. The Labute approximate surface area is 113 Å². The third-order valence-corrected chi connectivity index (χ3v) is 2.97. The van der Waals surface area contributed by atoms with Crippen LogP contribution in [0, 0.1) is 0 Å². The molecule has 0 amide bonds. The van der Waals surface area contributed by atoms with Gasteiger partial charge >= 0.3 is 0 Å². The Kier molecular flexibility index (Phi) is 12.0. The minimum absolute atomic E-state index is 0. The van der Waals surface area contributed by atoms with Gasteiger partial charge in [-0.2, -0.15) is 0 Å². The van der Waals surface area contributed by atoms with E-state index in [4.69, 9.17) is 5.73 Å². The third-order valence-electron chi connectivity index (χ3n) is 2.97. The van der Waals surface area contributed by atoms with Crippen LogP contribution in [0.2, 0.25) is 0 Å². The van der Waals surface area contributed by atoms with Gasteiger partial charge in [-0.25, -0.2) is 0 Å². The molecule has 0 radical (unpaired) electrons. The van der Waals surface area contributed by atoms with Crippen LogP contribution < -0.4 is 11.1 Å². The van der Waals surface area contributed by atoms with Crippen LogP contribution in [0.25, 0.3) is 0 Å². The first-order valence-corrected chi connectivity index (χ1v) is 6.88. The number of hydrogen-bond donors (Lipinski definition) is 2. The van der Waals surface area contributed by atoms with Crippen LogP contribution >= 0.6 is 0 Å². The SMILES string of the molecule is C.NCCCCCNCCCCc1ccccc1. The summed E-state index contributed by atoms with van der Waals surface area (Å²) in [4.78, 5) is 0. The highest BCUT2D eigenvalue weighted by Crippen LogP contribution is 2.03. The predicted octanol–water partition coefficient (Wildman–Crippen LogP) is 3.36. The van der Waals surface area contributed by atoms with Crippen molar-refractivity contribution >= 4 is 0 Å². The zero-order valence-corrected chi connectivity index (χ0v) is 10.8. The number of unbranched alkanes of at least 4 members (excludes halogenated alkanes) is 3. The van der Waals surface area contributed by atoms with Crippen LogP contribution in [-0.2, 0) is 6.42 Å². The molecule has 0 spiro atoms. The van der Waals surface area contributed by atoms with Gasteiger partial charge in [-0.1, -0.05) is 44.2 Å². The lowest BCUT2D eigenvalue weighted by Crippen LogP contribution is -2.17. The van der Waals surface area contributed by atoms with Gasteiger partial charge in [0.15, 0.2) is 0 Å². The van der Waals surface area contributed by atoms with Gasteiger partial charge < -0.3 is 11.1 Å². The van der Waals surface area contributed by atoms with Crippen molar-refractivity contribution in [3.8, 4) is 0 Å². The standard InChI is InChI=1S/C15H26N2.CH4/c16-12-6-2-7-13-17-14-8-5-11-15-9-3-1-4-10-15;/h1,3-4,9-10,17H,2,5-8,11-14,16H2;1H4. The number of benzene rings is 1. The Balaban J connectivity index is 0.00000289. The molecule has 104 valence electrons. The van der Waals surface area contributed by atoms with Gasteiger partial charge in [-0.05, 0) is 57.3 Å². The number of rotatable bonds is 10. The molecule has 1 rings (SSSR count). The molecule has 2 heteroatoms. The first kappa shape index (κ1) is 17.1. The molecule has 0 aliphatic heterocycles. The van der Waals surface area contributed by atoms with Crippen molar-refractivity contribution in [3.05, 3.63) is 35.9 Å². The van der Waals surface area contributed by atoms with E-state index >= 15 is 0 Å². The summed E-state index contributed by atoms with van der Waals surface area (Å²) in [6.07, 6.45) is 7.43. The average Bonchev–Trinajstić information content (AvgIpc) is 2.38. The number of aryl methyl sites for hydroxylation is 1. The minimum atomic E-state index is 0. The predicted molar refractivity (Wildman–Crippen MR) is 81.9 cm³/mol. The molecule has 0 atom stereocenters. The van der Waals surface area contributed by atoms with Crippen LogP contribution in [0.5, 0.6) is 0 Å². The van der Waals surface area contributed by atoms with Gasteiger partial charge in [0.25, 0.3) is 0 Å². The molecule has 1 aromatic rings. The van der Waals surface area contributed by atoms with Crippen molar-refractivity contribution in [1.82, 2.24) is 5.32 Å². The molecule has 18 heavy (non-hydrogen) atoms. The van der Waals surface area contributed by atoms with E-state index in [0.29, 0.717) is 0 Å². The Morgan fingerprint density at radius 2 is 1.50 bits per heavy atom. The van der Waals surface area contributed by atoms with E-state index in [1.807, 2.05) is 0 Å². The summed E-state index contributed by atoms with van der Waals surface area (Å²) in [5, 5.41) is 3.49. The van der Waals surface area contributed by atoms with Crippen LogP contribution in [0.15, 0.2) is 30.3 Å². The number of hydrogen-bond acceptors (Lipinski definition) is 2. The second-order valence-corrected chi connectivity index (χ2v) is 4.54. The first-order valence-electron chi connectivity index (χ1n) is 6.88. The lowest BCUT2D eigenvalue weighted by atomic mass is 10.1. The Hall–Kier alpha value is -0.860. The molecule has 1 aromatic carbocycles. The van der Waals surface area contributed by atoms with Gasteiger partial charge in [-0.3, -0.25) is 0 Å². The highest BCUT2D eigenvalue weighted by Gasteiger charge is 1.92. The smallest absolute Gasteiger partial charge is 0.00488 e. The summed E-state index contributed by atoms with van der Waals surface area (Å²) in [5.41, 5.74) is 6.90. The summed E-state index contributed by atoms with van der Waals surface area (Å²) < 4.78 is 0. The second kappa shape index (κ2) is 12.6. The van der Waals surface area contributed by atoms with Gasteiger partial charge in [0, 0.05) is 0 Å². The van der Waals surface area contributed by atoms with Gasteiger partial charge in [-0.15, -0.1) is 0 Å². The largest absolute Gasteiger partial charge is 0.330 e. The van der Waals surface area contributed by atoms with E-state index in [0.717, 1.165) is 26.1 Å². The van der Waals surface area contributed by atoms with Crippen LogP contribution in [-0.4, -0.2) is 19.6 Å². The van der Waals surface area contributed by atoms with E-state index < -0.39 is 0 Å². The monoisotopic (exact) mass is 250 g/mol. The summed E-state index contributed by atoms with van der Waals surface area (Å²) in [6, 6.07) is 10.7. The minimum Gasteiger partial charge on any atom is -0.330 e. The van der Waals surface area contributed by atoms with Crippen molar-refractivity contribution in [1.29, 1.82) is 0 Å². The number of nitrogens with two attached hydrogens (primary N) is 1. The molecule has 0 aliphatic rings. The molecule has 0 fully saturated rings. The van der Waals surface area contributed by atoms with Gasteiger partial charge in [0.1, 0.15) is 0 Å². The Morgan fingerprint density at radius 3 is 2.17 bits per heavy atom. The topological polar surface area (TPSA) is 38.0 Å². The van der Waals surface area contributed by atoms with Crippen molar-refractivity contribution in [2.75, 3.05) is 19.6 Å². The maximum Gasteiger partial charge on any atom is -0.00488 e. The normalized spacial score (nSPS) is 10.1. The van der Waals surface area contributed by atoms with E-state index in [1.54, 1.807) is 0 Å². The van der Waals surface area contributed by atoms with E-state index in [9.17, 15) is 0 Å². The zero-order valence-electron chi connectivity index (χ0n) is 10.8. The number of nitrogens with one attached hydrogen (secondary N) is 1. The first-order chi connectivity index (χ1) is 8.43. The summed E-state index contributed by atoms with van der Waals surface area (Å²) in [5.74, 6) is 0. The fourth-order valence-corrected chi connectivity index (χ4v) is 1.92. The lowest BCUT2D eigenvalue weighted by molar-refractivity contribution is 0.580. The molecule has 0 unspecified atom stereocenters. The fourth-order valence-electron chi connectivity index (χ4n) is 1.92. The molecule has 0 heterocycles. The molecule has 0 saturated heterocycles. The third kappa shape index (κ3) is 9.20. The Morgan fingerprint density at radius 1 is 0.833 bits per heavy atom. The lowest BCUT2D eigenvalue weighted by Gasteiger charge is -2.04. The van der Waals surface area contributed by atoms with Crippen LogP contribution in [0.3, 0.4) is 0 Å². The molecule has 0 bridgehead atoms. The summed E-state index contributed by atoms with van der Waals surface area (Å²) >= 11 is 0. The van der Waals surface area contributed by atoms with Crippen molar-refractivity contribution in [2.24, 2.45) is 5.73 Å². The average molecular weight is 250 g/mol. The molecule has 0 saturated carbocycles. The van der Waals surface area contributed by atoms with Gasteiger partial charge in [0.2, 0.25) is 0 Å². The maximum atomic E-state index is 5.44. The highest BCUT2D eigenvalue weighted by molar-refractivity contribution is 5.14. The van der Waals surface area contributed by atoms with E-state index in [2.05, 4.69) is 35.6 Å².